The highest BCUT2D eigenvalue weighted by Gasteiger charge is 2.23. The lowest BCUT2D eigenvalue weighted by Crippen LogP contribution is -2.35. The Morgan fingerprint density at radius 3 is 2.64 bits per heavy atom. The number of nitrogens with one attached hydrogen (secondary N) is 2. The number of anilines is 1. The number of esters is 1. The molecule has 2 N–H and O–H groups in total. The Bertz CT molecular complexity index is 1090. The van der Waals surface area contributed by atoms with Crippen LogP contribution in [0.2, 0.25) is 0 Å². The van der Waals surface area contributed by atoms with Crippen LogP contribution in [0.15, 0.2) is 48.7 Å². The normalized spacial score (nSPS) is 19.1. The first kappa shape index (κ1) is 24.0. The van der Waals surface area contributed by atoms with Crippen molar-refractivity contribution in [1.82, 2.24) is 10.3 Å². The third-order valence-electron chi connectivity index (χ3n) is 5.05. The summed E-state index contributed by atoms with van der Waals surface area (Å²) in [6.07, 6.45) is 5.14. The fraction of sp³-hybridized carbons (Fsp3) is 0.360. The molecule has 1 aromatic heterocycles. The van der Waals surface area contributed by atoms with Gasteiger partial charge in [-0.05, 0) is 57.0 Å². The smallest absolute Gasteiger partial charge is 0.408 e. The van der Waals surface area contributed by atoms with Gasteiger partial charge in [-0.3, -0.25) is 9.78 Å². The Hall–Kier alpha value is -3.68. The number of hydrogen-bond donors (Lipinski definition) is 2. The van der Waals surface area contributed by atoms with Gasteiger partial charge in [0, 0.05) is 17.4 Å². The molecule has 0 spiro atoms. The molecule has 0 saturated carbocycles. The summed E-state index contributed by atoms with van der Waals surface area (Å²) in [4.78, 5) is 41.8. The third-order valence-corrected chi connectivity index (χ3v) is 5.05. The van der Waals surface area contributed by atoms with Crippen molar-refractivity contribution in [3.8, 4) is 11.1 Å². The number of aromatic nitrogens is 1. The predicted molar refractivity (Wildman–Crippen MR) is 125 cm³/mol. The lowest BCUT2D eigenvalue weighted by Gasteiger charge is -2.23. The van der Waals surface area contributed by atoms with Crippen LogP contribution < -0.4 is 10.6 Å². The van der Waals surface area contributed by atoms with Crippen molar-refractivity contribution in [1.29, 1.82) is 0 Å². The fourth-order valence-electron chi connectivity index (χ4n) is 3.41. The Morgan fingerprint density at radius 2 is 1.94 bits per heavy atom. The number of hydrogen-bond acceptors (Lipinski definition) is 6. The zero-order valence-electron chi connectivity index (χ0n) is 19.5. The minimum absolute atomic E-state index is 0.221. The van der Waals surface area contributed by atoms with E-state index in [2.05, 4.69) is 15.6 Å². The molecule has 1 aliphatic heterocycles. The molecule has 174 valence electrons. The second kappa shape index (κ2) is 9.85. The summed E-state index contributed by atoms with van der Waals surface area (Å²) in [6.45, 7) is 7.17. The summed E-state index contributed by atoms with van der Waals surface area (Å²) in [5.41, 5.74) is 2.31. The number of rotatable bonds is 2. The number of fused-ring (bicyclic) bond motifs is 4. The molecule has 2 atom stereocenters. The monoisotopic (exact) mass is 451 g/mol. The number of nitrogens with zero attached hydrogens (tertiary/aromatic N) is 1. The summed E-state index contributed by atoms with van der Waals surface area (Å²) < 4.78 is 10.2. The summed E-state index contributed by atoms with van der Waals surface area (Å²) in [7, 11) is 1.31. The van der Waals surface area contributed by atoms with Crippen LogP contribution in [0.4, 0.5) is 10.5 Å². The van der Waals surface area contributed by atoms with E-state index >= 15 is 0 Å². The SMILES string of the molecule is COC(=O)c1ccc2c(c1)NC(=O)[C@H](C)/C=C/C[C@H](NC(=O)OC(C)(C)C)c1cc-2ccn1. The van der Waals surface area contributed by atoms with E-state index in [1.54, 1.807) is 58.2 Å². The summed E-state index contributed by atoms with van der Waals surface area (Å²) in [5.74, 6) is -1.16. The molecular formula is C25H29N3O5. The van der Waals surface area contributed by atoms with Crippen molar-refractivity contribution in [3.05, 3.63) is 59.9 Å². The predicted octanol–water partition coefficient (Wildman–Crippen LogP) is 4.64. The average Bonchev–Trinajstić information content (AvgIpc) is 2.75. The molecule has 0 radical (unpaired) electrons. The average molecular weight is 452 g/mol. The lowest BCUT2D eigenvalue weighted by molar-refractivity contribution is -0.118. The number of amides is 2. The van der Waals surface area contributed by atoms with E-state index in [9.17, 15) is 14.4 Å². The van der Waals surface area contributed by atoms with E-state index in [-0.39, 0.29) is 5.91 Å². The Labute approximate surface area is 193 Å². The molecule has 1 aromatic carbocycles. The number of pyridine rings is 1. The van der Waals surface area contributed by atoms with Crippen LogP contribution in [0.3, 0.4) is 0 Å². The summed E-state index contributed by atoms with van der Waals surface area (Å²) >= 11 is 0. The zero-order chi connectivity index (χ0) is 24.2. The van der Waals surface area contributed by atoms with E-state index in [0.29, 0.717) is 28.9 Å². The molecule has 33 heavy (non-hydrogen) atoms. The third kappa shape index (κ3) is 6.19. The first-order valence-corrected chi connectivity index (χ1v) is 10.7. The van der Waals surface area contributed by atoms with E-state index in [1.165, 1.54) is 7.11 Å². The van der Waals surface area contributed by atoms with Crippen molar-refractivity contribution in [2.75, 3.05) is 12.4 Å². The van der Waals surface area contributed by atoms with Gasteiger partial charge >= 0.3 is 12.1 Å². The van der Waals surface area contributed by atoms with Gasteiger partial charge in [0.2, 0.25) is 5.91 Å². The van der Waals surface area contributed by atoms with Crippen LogP contribution in [-0.2, 0) is 14.3 Å². The topological polar surface area (TPSA) is 107 Å². The summed E-state index contributed by atoms with van der Waals surface area (Å²) in [6, 6.07) is 8.19. The molecule has 8 heteroatoms. The van der Waals surface area contributed by atoms with Gasteiger partial charge in [-0.25, -0.2) is 9.59 Å². The van der Waals surface area contributed by atoms with Gasteiger partial charge in [-0.2, -0.15) is 0 Å². The lowest BCUT2D eigenvalue weighted by atomic mass is 9.98. The van der Waals surface area contributed by atoms with Crippen LogP contribution in [0, 0.1) is 5.92 Å². The van der Waals surface area contributed by atoms with Gasteiger partial charge in [0.25, 0.3) is 0 Å². The maximum atomic E-state index is 12.8. The molecule has 2 amide bonds. The number of alkyl carbamates (subject to hydrolysis) is 1. The first-order chi connectivity index (χ1) is 15.6. The number of carbonyl (C=O) groups excluding carboxylic acids is 3. The highest BCUT2D eigenvalue weighted by molar-refractivity contribution is 6.00. The van der Waals surface area contributed by atoms with E-state index < -0.39 is 29.6 Å². The number of methoxy groups -OCH3 is 1. The van der Waals surface area contributed by atoms with Crippen LogP contribution in [0.1, 0.15) is 56.2 Å². The maximum absolute atomic E-state index is 12.8. The standard InChI is InChI=1S/C25H29N3O5/c1-15-7-6-8-19(28-24(31)33-25(2,3)4)21-13-16(11-12-26-21)18-10-9-17(23(30)32-5)14-20(18)27-22(15)29/h6-7,9-15,19H,8H2,1-5H3,(H,27,29)(H,28,31)/b7-6+/t15-,19+/m1/s1. The quantitative estimate of drug-likeness (QED) is 0.509. The number of benzene rings is 1. The van der Waals surface area contributed by atoms with Gasteiger partial charge in [0.05, 0.1) is 30.3 Å². The molecule has 0 aliphatic carbocycles. The molecular weight excluding hydrogens is 422 g/mol. The molecule has 1 aliphatic rings. The molecule has 3 rings (SSSR count). The molecule has 0 unspecified atom stereocenters. The van der Waals surface area contributed by atoms with Crippen LogP contribution in [0.25, 0.3) is 11.1 Å². The van der Waals surface area contributed by atoms with E-state index in [0.717, 1.165) is 5.56 Å². The van der Waals surface area contributed by atoms with Gasteiger partial charge in [-0.1, -0.05) is 25.1 Å². The van der Waals surface area contributed by atoms with E-state index in [4.69, 9.17) is 9.47 Å². The maximum Gasteiger partial charge on any atom is 0.408 e. The van der Waals surface area contributed by atoms with Crippen LogP contribution in [-0.4, -0.2) is 35.7 Å². The van der Waals surface area contributed by atoms with Gasteiger partial charge < -0.3 is 20.1 Å². The molecule has 0 fully saturated rings. The Kier molecular flexibility index (Phi) is 7.16. The summed E-state index contributed by atoms with van der Waals surface area (Å²) in [5, 5.41) is 5.80. The molecule has 2 bridgehead atoms. The van der Waals surface area contributed by atoms with Crippen LogP contribution >= 0.6 is 0 Å². The first-order valence-electron chi connectivity index (χ1n) is 10.7. The minimum Gasteiger partial charge on any atom is -0.465 e. The second-order valence-corrected chi connectivity index (χ2v) is 8.86. The molecule has 8 nitrogen and oxygen atoms in total. The highest BCUT2D eigenvalue weighted by atomic mass is 16.6. The Morgan fingerprint density at radius 1 is 1.18 bits per heavy atom. The minimum atomic E-state index is -0.635. The van der Waals surface area contributed by atoms with Crippen LogP contribution in [0.5, 0.6) is 0 Å². The molecule has 2 heterocycles. The Balaban J connectivity index is 2.07. The van der Waals surface area contributed by atoms with Gasteiger partial charge in [-0.15, -0.1) is 0 Å². The number of ether oxygens (including phenoxy) is 2. The van der Waals surface area contributed by atoms with Crippen molar-refractivity contribution < 1.29 is 23.9 Å². The zero-order valence-corrected chi connectivity index (χ0v) is 19.5. The van der Waals surface area contributed by atoms with Crippen molar-refractivity contribution in [2.45, 2.75) is 45.8 Å². The molecule has 2 aromatic rings. The van der Waals surface area contributed by atoms with Gasteiger partial charge in [0.1, 0.15) is 5.60 Å². The van der Waals surface area contributed by atoms with Crippen molar-refractivity contribution >= 4 is 23.7 Å². The van der Waals surface area contributed by atoms with Gasteiger partial charge in [0.15, 0.2) is 0 Å². The highest BCUT2D eigenvalue weighted by Crippen LogP contribution is 2.32. The van der Waals surface area contributed by atoms with Crippen molar-refractivity contribution in [2.24, 2.45) is 5.92 Å². The fourth-order valence-corrected chi connectivity index (χ4v) is 3.41. The van der Waals surface area contributed by atoms with Crippen molar-refractivity contribution in [3.63, 3.8) is 0 Å². The second-order valence-electron chi connectivity index (χ2n) is 8.86. The largest absolute Gasteiger partial charge is 0.465 e. The number of carbonyl (C=O) groups is 3. The van der Waals surface area contributed by atoms with E-state index in [1.807, 2.05) is 18.2 Å². The molecule has 0 saturated heterocycles.